The minimum atomic E-state index is -0.829. The zero-order chi connectivity index (χ0) is 29.3. The molecule has 214 valence electrons. The molecule has 5 rings (SSSR count). The molecule has 0 N–H and O–H groups in total. The summed E-state index contributed by atoms with van der Waals surface area (Å²) in [4.78, 5) is 33.4. The smallest absolute Gasteiger partial charge is 0.411 e. The van der Waals surface area contributed by atoms with E-state index in [1.807, 2.05) is 18.2 Å². The van der Waals surface area contributed by atoms with Crippen LogP contribution < -0.4 is 4.90 Å². The third kappa shape index (κ3) is 5.96. The number of nitrogens with zero attached hydrogens (tertiary/aromatic N) is 8. The van der Waals surface area contributed by atoms with E-state index >= 15 is 0 Å². The summed E-state index contributed by atoms with van der Waals surface area (Å²) in [6.45, 7) is 7.22. The van der Waals surface area contributed by atoms with E-state index in [0.29, 0.717) is 31.7 Å². The summed E-state index contributed by atoms with van der Waals surface area (Å²) in [6, 6.07) is 11.3. The Balaban J connectivity index is 1.33. The molecule has 0 bridgehead atoms. The first kappa shape index (κ1) is 27.9. The first-order chi connectivity index (χ1) is 19.5. The van der Waals surface area contributed by atoms with Crippen LogP contribution in [0.2, 0.25) is 0 Å². The van der Waals surface area contributed by atoms with Crippen LogP contribution in [0.5, 0.6) is 0 Å². The topological polar surface area (TPSA) is 120 Å². The number of aromatic nitrogens is 4. The van der Waals surface area contributed by atoms with E-state index in [1.54, 1.807) is 31.7 Å². The molecule has 2 aliphatic rings. The minimum Gasteiger partial charge on any atom is -0.444 e. The Morgan fingerprint density at radius 1 is 1.07 bits per heavy atom. The number of piperazine rings is 1. The van der Waals surface area contributed by atoms with Gasteiger partial charge in [0.2, 0.25) is 11.7 Å². The Morgan fingerprint density at radius 2 is 1.80 bits per heavy atom. The van der Waals surface area contributed by atoms with E-state index in [4.69, 9.17) is 4.74 Å². The van der Waals surface area contributed by atoms with E-state index in [2.05, 4.69) is 26.4 Å². The Hall–Kier alpha value is -4.60. The largest absolute Gasteiger partial charge is 0.444 e. The predicted octanol–water partition coefficient (Wildman–Crippen LogP) is 3.39. The lowest BCUT2D eigenvalue weighted by Gasteiger charge is -2.38. The van der Waals surface area contributed by atoms with Crippen LogP contribution in [-0.2, 0) is 9.53 Å². The highest BCUT2D eigenvalue weighted by Gasteiger charge is 2.45. The molecular formula is C28H30F2N8O3. The van der Waals surface area contributed by atoms with Crippen molar-refractivity contribution in [3.8, 4) is 17.5 Å². The van der Waals surface area contributed by atoms with Gasteiger partial charge < -0.3 is 14.5 Å². The maximum atomic E-state index is 14.3. The van der Waals surface area contributed by atoms with Gasteiger partial charge in [-0.15, -0.1) is 10.2 Å². The van der Waals surface area contributed by atoms with Gasteiger partial charge >= 0.3 is 6.09 Å². The number of hydrogen-bond donors (Lipinski definition) is 0. The molecule has 1 aromatic heterocycles. The van der Waals surface area contributed by atoms with Crippen molar-refractivity contribution in [2.45, 2.75) is 44.9 Å². The van der Waals surface area contributed by atoms with Crippen molar-refractivity contribution >= 4 is 17.7 Å². The van der Waals surface area contributed by atoms with Crippen molar-refractivity contribution in [1.29, 1.82) is 5.26 Å². The number of benzene rings is 2. The molecule has 3 aromatic rings. The summed E-state index contributed by atoms with van der Waals surface area (Å²) in [5.41, 5.74) is 0.607. The summed E-state index contributed by atoms with van der Waals surface area (Å²) in [5.74, 6) is -1.80. The van der Waals surface area contributed by atoms with E-state index < -0.39 is 35.4 Å². The van der Waals surface area contributed by atoms with Gasteiger partial charge in [-0.2, -0.15) is 10.1 Å². The van der Waals surface area contributed by atoms with Crippen LogP contribution in [0.3, 0.4) is 0 Å². The quantitative estimate of drug-likeness (QED) is 0.473. The molecule has 2 saturated heterocycles. The number of amides is 2. The number of carbonyl (C=O) groups excluding carboxylic acids is 2. The summed E-state index contributed by atoms with van der Waals surface area (Å²) in [6.07, 6.45) is -0.429. The second-order valence-corrected chi connectivity index (χ2v) is 11.0. The molecule has 0 aliphatic carbocycles. The van der Waals surface area contributed by atoms with Crippen LogP contribution in [0, 0.1) is 23.0 Å². The maximum absolute atomic E-state index is 14.3. The van der Waals surface area contributed by atoms with Gasteiger partial charge in [0.25, 0.3) is 0 Å². The molecule has 2 atom stereocenters. The van der Waals surface area contributed by atoms with Crippen LogP contribution in [0.1, 0.15) is 38.8 Å². The molecule has 2 amide bonds. The first-order valence-electron chi connectivity index (χ1n) is 13.3. The Morgan fingerprint density at radius 3 is 2.49 bits per heavy atom. The number of nitriles is 1. The van der Waals surface area contributed by atoms with Gasteiger partial charge in [0.15, 0.2) is 0 Å². The Kier molecular flexibility index (Phi) is 7.57. The fraction of sp³-hybridized carbons (Fsp3) is 0.429. The summed E-state index contributed by atoms with van der Waals surface area (Å²) < 4.78 is 33.3. The Bertz CT molecular complexity index is 1490. The summed E-state index contributed by atoms with van der Waals surface area (Å²) >= 11 is 0. The second kappa shape index (κ2) is 11.1. The fourth-order valence-electron chi connectivity index (χ4n) is 5.12. The van der Waals surface area contributed by atoms with Crippen molar-refractivity contribution in [1.82, 2.24) is 30.0 Å². The number of anilines is 1. The van der Waals surface area contributed by atoms with Gasteiger partial charge in [-0.05, 0) is 50.3 Å². The van der Waals surface area contributed by atoms with Crippen molar-refractivity contribution in [2.75, 3.05) is 37.6 Å². The average molecular weight is 565 g/mol. The molecule has 2 aromatic carbocycles. The van der Waals surface area contributed by atoms with Gasteiger partial charge in [-0.25, -0.2) is 13.6 Å². The molecule has 2 aliphatic heterocycles. The Labute approximate surface area is 235 Å². The predicted molar refractivity (Wildman–Crippen MR) is 144 cm³/mol. The molecule has 0 radical (unpaired) electrons. The number of hydrogen-bond acceptors (Lipinski definition) is 8. The first-order valence-corrected chi connectivity index (χ1v) is 13.3. The van der Waals surface area contributed by atoms with Crippen LogP contribution >= 0.6 is 0 Å². The number of halogens is 2. The fourth-order valence-corrected chi connectivity index (χ4v) is 5.12. The average Bonchev–Trinajstić information content (AvgIpc) is 3.60. The normalized spacial score (nSPS) is 19.3. The molecule has 2 fully saturated rings. The number of likely N-dealkylation sites (tertiary alicyclic amines) is 1. The molecule has 0 saturated carbocycles. The van der Waals surface area contributed by atoms with Crippen LogP contribution in [-0.4, -0.2) is 86.4 Å². The van der Waals surface area contributed by atoms with E-state index in [1.165, 1.54) is 15.8 Å². The highest BCUT2D eigenvalue weighted by atomic mass is 19.1. The molecule has 0 spiro atoms. The third-order valence-corrected chi connectivity index (χ3v) is 7.08. The van der Waals surface area contributed by atoms with Crippen LogP contribution in [0.15, 0.2) is 42.5 Å². The molecule has 13 heteroatoms. The number of para-hydroxylation sites is 1. The lowest BCUT2D eigenvalue weighted by molar-refractivity contribution is -0.136. The number of ether oxygens (including phenoxy) is 1. The SMILES string of the molecule is CC(C)(C)OC(=O)N1CC(n2nnc(-c3ccc(F)cc3F)n2)CC1C(=O)N1CCN(c2ccccc2C#N)CC1. The van der Waals surface area contributed by atoms with Crippen LogP contribution in [0.4, 0.5) is 19.3 Å². The molecule has 41 heavy (non-hydrogen) atoms. The maximum Gasteiger partial charge on any atom is 0.411 e. The van der Waals surface area contributed by atoms with Crippen molar-refractivity contribution in [2.24, 2.45) is 0 Å². The molecule has 3 heterocycles. The van der Waals surface area contributed by atoms with E-state index in [9.17, 15) is 23.6 Å². The molecular weight excluding hydrogens is 534 g/mol. The second-order valence-electron chi connectivity index (χ2n) is 11.0. The van der Waals surface area contributed by atoms with Gasteiger partial charge in [-0.3, -0.25) is 9.69 Å². The number of carbonyl (C=O) groups is 2. The van der Waals surface area contributed by atoms with E-state index in [-0.39, 0.29) is 30.3 Å². The monoisotopic (exact) mass is 564 g/mol. The van der Waals surface area contributed by atoms with Gasteiger partial charge in [0.05, 0.1) is 22.9 Å². The number of tetrazole rings is 1. The zero-order valence-corrected chi connectivity index (χ0v) is 23.0. The van der Waals surface area contributed by atoms with E-state index in [0.717, 1.165) is 17.8 Å². The van der Waals surface area contributed by atoms with Gasteiger partial charge in [0.1, 0.15) is 29.3 Å². The van der Waals surface area contributed by atoms with Crippen molar-refractivity contribution < 1.29 is 23.1 Å². The standard InChI is InChI=1S/C28H30F2N8O3/c1-28(2,3)41-27(40)37-17-20(38-33-25(32-34-38)21-9-8-19(29)14-22(21)30)15-24(37)26(39)36-12-10-35(11-13-36)23-7-5-4-6-18(23)16-31/h4-9,14,20,24H,10-13,15,17H2,1-3H3. The minimum absolute atomic E-state index is 0.0110. The van der Waals surface area contributed by atoms with Crippen molar-refractivity contribution in [3.05, 3.63) is 59.7 Å². The van der Waals surface area contributed by atoms with Crippen molar-refractivity contribution in [3.63, 3.8) is 0 Å². The third-order valence-electron chi connectivity index (χ3n) is 7.08. The lowest BCUT2D eigenvalue weighted by Crippen LogP contribution is -2.55. The van der Waals surface area contributed by atoms with Crippen LogP contribution in [0.25, 0.3) is 11.4 Å². The van der Waals surface area contributed by atoms with Gasteiger partial charge in [-0.1, -0.05) is 12.1 Å². The summed E-state index contributed by atoms with van der Waals surface area (Å²) in [5, 5.41) is 21.7. The molecule has 11 nitrogen and oxygen atoms in total. The molecule has 2 unspecified atom stereocenters. The highest BCUT2D eigenvalue weighted by molar-refractivity contribution is 5.87. The lowest BCUT2D eigenvalue weighted by atomic mass is 10.1. The summed E-state index contributed by atoms with van der Waals surface area (Å²) in [7, 11) is 0. The van der Waals surface area contributed by atoms with Gasteiger partial charge in [0, 0.05) is 45.2 Å². The highest BCUT2D eigenvalue weighted by Crippen LogP contribution is 2.31. The zero-order valence-electron chi connectivity index (χ0n) is 23.0. The number of rotatable bonds is 4.